The Hall–Kier alpha value is -1.72. The zero-order chi connectivity index (χ0) is 14.6. The first-order valence-corrected chi connectivity index (χ1v) is 5.74. The number of guanidine groups is 2. The number of nitrogens with two attached hydrogens (primary N) is 3. The predicted molar refractivity (Wildman–Crippen MR) is 72.9 cm³/mol. The van der Waals surface area contributed by atoms with E-state index in [9.17, 15) is 13.2 Å². The summed E-state index contributed by atoms with van der Waals surface area (Å²) >= 11 is 1.78. The molecule has 1 aromatic carbocycles. The van der Waals surface area contributed by atoms with Crippen LogP contribution in [0.2, 0.25) is 0 Å². The largest absolute Gasteiger partial charge is 0.573 e. The topological polar surface area (TPSA) is 112 Å². The summed E-state index contributed by atoms with van der Waals surface area (Å²) in [6.07, 6.45) is -4.74. The van der Waals surface area contributed by atoms with E-state index in [1.807, 2.05) is 0 Å². The van der Waals surface area contributed by atoms with Crippen LogP contribution in [0.5, 0.6) is 5.75 Å². The van der Waals surface area contributed by atoms with E-state index in [1.165, 1.54) is 6.07 Å². The Morgan fingerprint density at radius 2 is 1.84 bits per heavy atom. The van der Waals surface area contributed by atoms with Crippen molar-refractivity contribution in [3.05, 3.63) is 21.8 Å². The van der Waals surface area contributed by atoms with Crippen molar-refractivity contribution in [3.63, 3.8) is 0 Å². The monoisotopic (exact) mass is 387 g/mol. The lowest BCUT2D eigenvalue weighted by Crippen LogP contribution is -2.26. The van der Waals surface area contributed by atoms with Gasteiger partial charge in [0, 0.05) is 3.57 Å². The summed E-state index contributed by atoms with van der Waals surface area (Å²) < 4.78 is 40.2. The Morgan fingerprint density at radius 3 is 2.32 bits per heavy atom. The van der Waals surface area contributed by atoms with Crippen molar-refractivity contribution in [1.29, 1.82) is 0 Å². The smallest absolute Gasteiger partial charge is 0.406 e. The molecule has 6 N–H and O–H groups in total. The van der Waals surface area contributed by atoms with Crippen molar-refractivity contribution >= 4 is 40.2 Å². The number of hydrogen-bond acceptors (Lipinski definition) is 2. The van der Waals surface area contributed by atoms with Gasteiger partial charge in [0.05, 0.1) is 5.69 Å². The third-order valence-corrected chi connectivity index (χ3v) is 2.50. The summed E-state index contributed by atoms with van der Waals surface area (Å²) in [4.78, 5) is 7.32. The highest BCUT2D eigenvalue weighted by Gasteiger charge is 2.31. The second-order valence-corrected chi connectivity index (χ2v) is 4.33. The lowest BCUT2D eigenvalue weighted by Gasteiger charge is -2.09. The summed E-state index contributed by atoms with van der Waals surface area (Å²) in [5, 5.41) is 0. The maximum absolute atomic E-state index is 12.0. The summed E-state index contributed by atoms with van der Waals surface area (Å²) in [6.45, 7) is 0. The standard InChI is InChI=1S/C9H9F3IN5O/c10-9(11,12)19-4-1-2-6(5(13)3-4)17-8(16)18-7(14)15/h1-3H,(H6,14,15,16,17,18). The molecule has 0 bridgehead atoms. The Balaban J connectivity index is 2.98. The normalized spacial score (nSPS) is 12.1. The predicted octanol–water partition coefficient (Wildman–Crippen LogP) is 1.41. The van der Waals surface area contributed by atoms with Gasteiger partial charge in [0.15, 0.2) is 5.96 Å². The molecule has 0 fully saturated rings. The number of benzene rings is 1. The van der Waals surface area contributed by atoms with E-state index >= 15 is 0 Å². The SMILES string of the molecule is NC(N)=NC(N)=Nc1ccc(OC(F)(F)F)cc1I. The maximum atomic E-state index is 12.0. The molecule has 104 valence electrons. The first-order valence-electron chi connectivity index (χ1n) is 4.66. The molecule has 0 saturated heterocycles. The maximum Gasteiger partial charge on any atom is 0.573 e. The van der Waals surface area contributed by atoms with Crippen LogP contribution < -0.4 is 21.9 Å². The van der Waals surface area contributed by atoms with Crippen LogP contribution in [0.25, 0.3) is 0 Å². The number of alkyl halides is 3. The fraction of sp³-hybridized carbons (Fsp3) is 0.111. The van der Waals surface area contributed by atoms with E-state index in [2.05, 4.69) is 14.7 Å². The van der Waals surface area contributed by atoms with Crippen LogP contribution in [0.15, 0.2) is 28.2 Å². The van der Waals surface area contributed by atoms with Crippen LogP contribution in [-0.4, -0.2) is 18.3 Å². The number of ether oxygens (including phenoxy) is 1. The second kappa shape index (κ2) is 5.95. The van der Waals surface area contributed by atoms with Crippen molar-refractivity contribution in [1.82, 2.24) is 0 Å². The van der Waals surface area contributed by atoms with Gasteiger partial charge in [-0.05, 0) is 40.8 Å². The molecule has 0 radical (unpaired) electrons. The summed E-state index contributed by atoms with van der Waals surface area (Å²) in [6, 6.07) is 3.57. The zero-order valence-electron chi connectivity index (χ0n) is 9.28. The Kier molecular flexibility index (Phi) is 4.80. The Morgan fingerprint density at radius 1 is 1.21 bits per heavy atom. The van der Waals surface area contributed by atoms with Crippen LogP contribution >= 0.6 is 22.6 Å². The van der Waals surface area contributed by atoms with Crippen molar-refractivity contribution in [3.8, 4) is 5.75 Å². The van der Waals surface area contributed by atoms with E-state index in [0.29, 0.717) is 9.26 Å². The molecule has 1 rings (SSSR count). The van der Waals surface area contributed by atoms with Gasteiger partial charge in [-0.25, -0.2) is 4.99 Å². The van der Waals surface area contributed by atoms with Crippen LogP contribution in [0.4, 0.5) is 18.9 Å². The Bertz CT molecular complexity index is 525. The highest BCUT2D eigenvalue weighted by Crippen LogP contribution is 2.29. The third-order valence-electron chi connectivity index (χ3n) is 1.63. The molecule has 0 saturated carbocycles. The van der Waals surface area contributed by atoms with Gasteiger partial charge >= 0.3 is 6.36 Å². The molecule has 1 aromatic rings. The minimum atomic E-state index is -4.74. The molecule has 0 aliphatic rings. The molecule has 0 amide bonds. The van der Waals surface area contributed by atoms with E-state index in [1.54, 1.807) is 22.6 Å². The summed E-state index contributed by atoms with van der Waals surface area (Å²) in [5.41, 5.74) is 15.9. The average Bonchev–Trinajstić information content (AvgIpc) is 2.18. The van der Waals surface area contributed by atoms with E-state index in [4.69, 9.17) is 17.2 Å². The number of halogens is 4. The number of aliphatic imine (C=N–C) groups is 2. The first-order chi connectivity index (χ1) is 8.67. The average molecular weight is 387 g/mol. The number of rotatable bonds is 2. The lowest BCUT2D eigenvalue weighted by atomic mass is 10.3. The zero-order valence-corrected chi connectivity index (χ0v) is 11.4. The first kappa shape index (κ1) is 15.3. The van der Waals surface area contributed by atoms with Gasteiger partial charge in [-0.3, -0.25) is 0 Å². The fourth-order valence-corrected chi connectivity index (χ4v) is 1.66. The molecule has 6 nitrogen and oxygen atoms in total. The number of hydrogen-bond donors (Lipinski definition) is 3. The van der Waals surface area contributed by atoms with Crippen LogP contribution in [-0.2, 0) is 0 Å². The van der Waals surface area contributed by atoms with E-state index < -0.39 is 6.36 Å². The molecular weight excluding hydrogens is 378 g/mol. The van der Waals surface area contributed by atoms with E-state index in [0.717, 1.165) is 12.1 Å². The second-order valence-electron chi connectivity index (χ2n) is 3.17. The highest BCUT2D eigenvalue weighted by atomic mass is 127. The lowest BCUT2D eigenvalue weighted by molar-refractivity contribution is -0.274. The van der Waals surface area contributed by atoms with Crippen molar-refractivity contribution in [2.75, 3.05) is 0 Å². The molecule has 19 heavy (non-hydrogen) atoms. The molecule has 0 atom stereocenters. The minimum Gasteiger partial charge on any atom is -0.406 e. The van der Waals surface area contributed by atoms with Crippen molar-refractivity contribution in [2.24, 2.45) is 27.2 Å². The molecule has 0 aliphatic carbocycles. The molecule has 10 heteroatoms. The third kappa shape index (κ3) is 5.63. The highest BCUT2D eigenvalue weighted by molar-refractivity contribution is 14.1. The molecule has 0 heterocycles. The fourth-order valence-electron chi connectivity index (χ4n) is 1.06. The van der Waals surface area contributed by atoms with Gasteiger partial charge in [0.2, 0.25) is 5.96 Å². The minimum absolute atomic E-state index is 0.206. The van der Waals surface area contributed by atoms with Gasteiger partial charge in [0.1, 0.15) is 5.75 Å². The van der Waals surface area contributed by atoms with Gasteiger partial charge in [0.25, 0.3) is 0 Å². The van der Waals surface area contributed by atoms with E-state index in [-0.39, 0.29) is 17.7 Å². The van der Waals surface area contributed by atoms with Gasteiger partial charge in [-0.1, -0.05) is 0 Å². The van der Waals surface area contributed by atoms with Gasteiger partial charge in [-0.2, -0.15) is 4.99 Å². The van der Waals surface area contributed by atoms with Crippen LogP contribution in [0.1, 0.15) is 0 Å². The van der Waals surface area contributed by atoms with Crippen LogP contribution in [0.3, 0.4) is 0 Å². The number of nitrogens with zero attached hydrogens (tertiary/aromatic N) is 2. The Labute approximate surface area is 119 Å². The molecule has 0 spiro atoms. The summed E-state index contributed by atoms with van der Waals surface area (Å²) in [5.74, 6) is -0.827. The van der Waals surface area contributed by atoms with Crippen molar-refractivity contribution in [2.45, 2.75) is 6.36 Å². The molecule has 0 aliphatic heterocycles. The molecule has 0 unspecified atom stereocenters. The summed E-state index contributed by atoms with van der Waals surface area (Å²) in [7, 11) is 0. The van der Waals surface area contributed by atoms with Gasteiger partial charge in [-0.15, -0.1) is 13.2 Å². The molecule has 0 aromatic heterocycles. The molecular formula is C9H9F3IN5O. The van der Waals surface area contributed by atoms with Gasteiger partial charge < -0.3 is 21.9 Å². The van der Waals surface area contributed by atoms with Crippen LogP contribution in [0, 0.1) is 3.57 Å². The quantitative estimate of drug-likeness (QED) is 0.405. The van der Waals surface area contributed by atoms with Crippen molar-refractivity contribution < 1.29 is 17.9 Å².